The summed E-state index contributed by atoms with van der Waals surface area (Å²) in [5.74, 6) is 0. The molecule has 1 heterocycles. The summed E-state index contributed by atoms with van der Waals surface area (Å²) in [6.45, 7) is 1.61. The van der Waals surface area contributed by atoms with Crippen LogP contribution in [-0.2, 0) is 0 Å². The van der Waals surface area contributed by atoms with Gasteiger partial charge >= 0.3 is 0 Å². The molecule has 11 heavy (non-hydrogen) atoms. The Morgan fingerprint density at radius 3 is 2.00 bits per heavy atom. The molecule has 0 amide bonds. The van der Waals surface area contributed by atoms with Gasteiger partial charge in [-0.25, -0.2) is 0 Å². The van der Waals surface area contributed by atoms with Crippen LogP contribution in [0.15, 0.2) is 0 Å². The first-order valence-corrected chi connectivity index (χ1v) is 3.52. The van der Waals surface area contributed by atoms with Gasteiger partial charge in [-0.3, -0.25) is 5.32 Å². The van der Waals surface area contributed by atoms with E-state index in [4.69, 9.17) is 20.4 Å². The van der Waals surface area contributed by atoms with Crippen LogP contribution in [0.1, 0.15) is 6.92 Å². The van der Waals surface area contributed by atoms with Crippen LogP contribution in [0.2, 0.25) is 0 Å². The molecule has 1 fully saturated rings. The molecule has 0 saturated carbocycles. The summed E-state index contributed by atoms with van der Waals surface area (Å²) >= 11 is 0. The molecule has 1 rings (SSSR count). The highest BCUT2D eigenvalue weighted by molar-refractivity contribution is 4.91. The minimum atomic E-state index is -1.32. The van der Waals surface area contributed by atoms with Gasteiger partial charge in [0.05, 0.1) is 6.10 Å². The van der Waals surface area contributed by atoms with E-state index < -0.39 is 30.6 Å². The van der Waals surface area contributed by atoms with Gasteiger partial charge in [0.15, 0.2) is 0 Å². The summed E-state index contributed by atoms with van der Waals surface area (Å²) < 4.78 is 0. The van der Waals surface area contributed by atoms with Crippen LogP contribution in [0, 0.1) is 0 Å². The average Bonchev–Trinajstić information content (AvgIpc) is 1.97. The number of aliphatic hydroxyl groups excluding tert-OH is 4. The highest BCUT2D eigenvalue weighted by atomic mass is 16.4. The van der Waals surface area contributed by atoms with Crippen molar-refractivity contribution in [3.63, 3.8) is 0 Å². The molecule has 5 heteroatoms. The molecule has 0 unspecified atom stereocenters. The minimum Gasteiger partial charge on any atom is -0.389 e. The summed E-state index contributed by atoms with van der Waals surface area (Å²) in [7, 11) is 0. The molecule has 0 aromatic heterocycles. The Bertz CT molecular complexity index is 129. The maximum atomic E-state index is 9.15. The molecule has 1 aliphatic rings. The van der Waals surface area contributed by atoms with Crippen LogP contribution in [0.5, 0.6) is 0 Å². The van der Waals surface area contributed by atoms with E-state index in [0.29, 0.717) is 0 Å². The van der Waals surface area contributed by atoms with Gasteiger partial charge in [-0.05, 0) is 6.92 Å². The number of piperidine rings is 1. The van der Waals surface area contributed by atoms with Crippen molar-refractivity contribution in [3.05, 3.63) is 0 Å². The van der Waals surface area contributed by atoms with Gasteiger partial charge in [-0.15, -0.1) is 0 Å². The molecular weight excluding hydrogens is 150 g/mol. The van der Waals surface area contributed by atoms with Gasteiger partial charge in [0.2, 0.25) is 0 Å². The molecule has 0 spiro atoms. The van der Waals surface area contributed by atoms with E-state index in [1.807, 2.05) is 0 Å². The summed E-state index contributed by atoms with van der Waals surface area (Å²) in [5.41, 5.74) is 0. The van der Waals surface area contributed by atoms with Gasteiger partial charge in [-0.2, -0.15) is 0 Å². The van der Waals surface area contributed by atoms with E-state index >= 15 is 0 Å². The fourth-order valence-electron chi connectivity index (χ4n) is 1.15. The lowest BCUT2D eigenvalue weighted by molar-refractivity contribution is -0.154. The average molecular weight is 163 g/mol. The van der Waals surface area contributed by atoms with Crippen LogP contribution < -0.4 is 5.32 Å². The quantitative estimate of drug-likeness (QED) is 0.269. The van der Waals surface area contributed by atoms with E-state index in [-0.39, 0.29) is 0 Å². The van der Waals surface area contributed by atoms with Crippen molar-refractivity contribution in [1.82, 2.24) is 5.32 Å². The molecule has 0 bridgehead atoms. The monoisotopic (exact) mass is 163 g/mol. The Morgan fingerprint density at radius 2 is 1.45 bits per heavy atom. The first-order valence-electron chi connectivity index (χ1n) is 3.52. The van der Waals surface area contributed by atoms with Crippen LogP contribution in [0.4, 0.5) is 0 Å². The smallest absolute Gasteiger partial charge is 0.134 e. The third kappa shape index (κ3) is 1.52. The van der Waals surface area contributed by atoms with Gasteiger partial charge in [0.25, 0.3) is 0 Å². The lowest BCUT2D eigenvalue weighted by Gasteiger charge is -2.37. The summed E-state index contributed by atoms with van der Waals surface area (Å²) in [5, 5.41) is 38.8. The molecule has 1 aliphatic heterocycles. The lowest BCUT2D eigenvalue weighted by Crippen LogP contribution is -2.63. The third-order valence-electron chi connectivity index (χ3n) is 1.97. The second-order valence-electron chi connectivity index (χ2n) is 2.87. The van der Waals surface area contributed by atoms with Crippen LogP contribution in [0.25, 0.3) is 0 Å². The van der Waals surface area contributed by atoms with E-state index in [0.717, 1.165) is 0 Å². The Morgan fingerprint density at radius 1 is 0.909 bits per heavy atom. The van der Waals surface area contributed by atoms with Crippen LogP contribution in [0.3, 0.4) is 0 Å². The number of nitrogens with one attached hydrogen (secondary N) is 1. The fourth-order valence-corrected chi connectivity index (χ4v) is 1.15. The standard InChI is InChI=1S/C6H13NO4/c1-2-3(8)4(9)5(10)6(11)7-2/h2-11H,1H3/t2-,3-,4-,5-,6+/m1/s1. The topological polar surface area (TPSA) is 93.0 Å². The highest BCUT2D eigenvalue weighted by Gasteiger charge is 2.39. The Balaban J connectivity index is 2.63. The Kier molecular flexibility index (Phi) is 2.46. The normalized spacial score (nSPS) is 52.6. The molecule has 5 nitrogen and oxygen atoms in total. The zero-order valence-electron chi connectivity index (χ0n) is 6.18. The molecule has 0 aliphatic carbocycles. The predicted molar refractivity (Wildman–Crippen MR) is 36.6 cm³/mol. The zero-order chi connectivity index (χ0) is 8.59. The van der Waals surface area contributed by atoms with Crippen molar-refractivity contribution >= 4 is 0 Å². The summed E-state index contributed by atoms with van der Waals surface area (Å²) in [4.78, 5) is 0. The van der Waals surface area contributed by atoms with Crippen molar-refractivity contribution in [2.24, 2.45) is 0 Å². The minimum absolute atomic E-state index is 0.414. The van der Waals surface area contributed by atoms with E-state index in [1.54, 1.807) is 6.92 Å². The summed E-state index contributed by atoms with van der Waals surface area (Å²) in [6, 6.07) is -0.414. The fraction of sp³-hybridized carbons (Fsp3) is 1.00. The molecular formula is C6H13NO4. The second-order valence-corrected chi connectivity index (χ2v) is 2.87. The maximum absolute atomic E-state index is 9.15. The van der Waals surface area contributed by atoms with Gasteiger partial charge in [0.1, 0.15) is 18.4 Å². The van der Waals surface area contributed by atoms with Crippen molar-refractivity contribution in [1.29, 1.82) is 0 Å². The second kappa shape index (κ2) is 3.04. The summed E-state index contributed by atoms with van der Waals surface area (Å²) in [6.07, 6.45) is -4.79. The Labute approximate surface area is 64.3 Å². The van der Waals surface area contributed by atoms with E-state index in [2.05, 4.69) is 5.32 Å². The van der Waals surface area contributed by atoms with Crippen molar-refractivity contribution in [3.8, 4) is 0 Å². The third-order valence-corrected chi connectivity index (χ3v) is 1.97. The number of aliphatic hydroxyl groups is 4. The highest BCUT2D eigenvalue weighted by Crippen LogP contribution is 2.13. The number of rotatable bonds is 0. The Hall–Kier alpha value is -0.200. The predicted octanol–water partition coefficient (Wildman–Crippen LogP) is -2.62. The van der Waals surface area contributed by atoms with Crippen molar-refractivity contribution in [2.75, 3.05) is 0 Å². The van der Waals surface area contributed by atoms with E-state index in [1.165, 1.54) is 0 Å². The van der Waals surface area contributed by atoms with Gasteiger partial charge < -0.3 is 20.4 Å². The number of hydrogen-bond donors (Lipinski definition) is 5. The van der Waals surface area contributed by atoms with Gasteiger partial charge in [0, 0.05) is 6.04 Å². The molecule has 66 valence electrons. The van der Waals surface area contributed by atoms with Crippen LogP contribution >= 0.6 is 0 Å². The molecule has 5 atom stereocenters. The molecule has 0 aromatic carbocycles. The molecule has 0 radical (unpaired) electrons. The van der Waals surface area contributed by atoms with Crippen molar-refractivity contribution < 1.29 is 20.4 Å². The van der Waals surface area contributed by atoms with Gasteiger partial charge in [-0.1, -0.05) is 0 Å². The molecule has 0 aromatic rings. The molecule has 1 saturated heterocycles. The van der Waals surface area contributed by atoms with E-state index in [9.17, 15) is 0 Å². The zero-order valence-corrected chi connectivity index (χ0v) is 6.18. The first-order chi connectivity index (χ1) is 5.04. The van der Waals surface area contributed by atoms with Crippen LogP contribution in [-0.4, -0.2) is 51.0 Å². The first kappa shape index (κ1) is 8.89. The SMILES string of the molecule is C[C@H]1N[C@@H](O)[C@H](O)[C@H](O)[C@@H]1O. The lowest BCUT2D eigenvalue weighted by atomic mass is 9.96. The molecule has 5 N–H and O–H groups in total. The maximum Gasteiger partial charge on any atom is 0.134 e. The van der Waals surface area contributed by atoms with Crippen molar-refractivity contribution in [2.45, 2.75) is 37.5 Å². The largest absolute Gasteiger partial charge is 0.389 e. The number of hydrogen-bond acceptors (Lipinski definition) is 5.